The van der Waals surface area contributed by atoms with Crippen LogP contribution in [0, 0.1) is 0 Å². The number of imide groups is 1. The fourth-order valence-electron chi connectivity index (χ4n) is 3.91. The highest BCUT2D eigenvalue weighted by Gasteiger charge is 2.54. The molecule has 9 heteroatoms. The van der Waals surface area contributed by atoms with Crippen LogP contribution < -0.4 is 10.6 Å². The summed E-state index contributed by atoms with van der Waals surface area (Å²) >= 11 is 17.9. The number of carbonyl (C=O) groups excluding carboxylic acids is 3. The Balaban J connectivity index is 1.55. The molecule has 0 bridgehead atoms. The van der Waals surface area contributed by atoms with E-state index in [0.29, 0.717) is 6.42 Å². The standard InChI is InChI=1S/C20H16Cl3N3O3/c21-13-8-15(23)16(9-14(13)22)24-17(27)10-26-18(28)20(25-19(26)29)7-3-5-11-4-1-2-6-12(11)20/h1-2,4,6,8-9H,3,5,7,10H2,(H,24,27)(H,25,29). The highest BCUT2D eigenvalue weighted by atomic mass is 35.5. The van der Waals surface area contributed by atoms with Crippen LogP contribution in [0.1, 0.15) is 24.0 Å². The van der Waals surface area contributed by atoms with Crippen molar-refractivity contribution in [3.05, 3.63) is 62.6 Å². The van der Waals surface area contributed by atoms with Gasteiger partial charge in [0.25, 0.3) is 5.91 Å². The van der Waals surface area contributed by atoms with Crippen molar-refractivity contribution in [1.82, 2.24) is 10.2 Å². The summed E-state index contributed by atoms with van der Waals surface area (Å²) in [5.41, 5.74) is 0.949. The molecule has 0 aromatic heterocycles. The summed E-state index contributed by atoms with van der Waals surface area (Å²) in [6.07, 6.45) is 2.10. The van der Waals surface area contributed by atoms with Crippen LogP contribution >= 0.6 is 34.8 Å². The lowest BCUT2D eigenvalue weighted by molar-refractivity contribution is -0.134. The zero-order chi connectivity index (χ0) is 20.8. The molecule has 2 aromatic carbocycles. The molecule has 2 aliphatic rings. The Hall–Kier alpha value is -2.28. The van der Waals surface area contributed by atoms with Gasteiger partial charge in [0.1, 0.15) is 12.1 Å². The molecule has 2 aromatic rings. The summed E-state index contributed by atoms with van der Waals surface area (Å²) in [6, 6.07) is 9.78. The minimum absolute atomic E-state index is 0.197. The van der Waals surface area contributed by atoms with Gasteiger partial charge in [-0.15, -0.1) is 0 Å². The number of aryl methyl sites for hydroxylation is 1. The number of anilines is 1. The summed E-state index contributed by atoms with van der Waals surface area (Å²) in [5.74, 6) is -1.00. The number of nitrogens with zero attached hydrogens (tertiary/aromatic N) is 1. The number of amides is 4. The lowest BCUT2D eigenvalue weighted by atomic mass is 9.76. The van der Waals surface area contributed by atoms with Crippen molar-refractivity contribution in [3.8, 4) is 0 Å². The zero-order valence-electron chi connectivity index (χ0n) is 15.1. The van der Waals surface area contributed by atoms with E-state index in [-0.39, 0.29) is 20.8 Å². The molecule has 1 spiro atoms. The molecule has 2 N–H and O–H groups in total. The van der Waals surface area contributed by atoms with Crippen molar-refractivity contribution in [2.45, 2.75) is 24.8 Å². The summed E-state index contributed by atoms with van der Waals surface area (Å²) in [6.45, 7) is -0.439. The van der Waals surface area contributed by atoms with E-state index in [1.54, 1.807) is 0 Å². The van der Waals surface area contributed by atoms with Crippen LogP contribution in [-0.4, -0.2) is 29.3 Å². The molecule has 0 radical (unpaired) electrons. The highest BCUT2D eigenvalue weighted by molar-refractivity contribution is 6.44. The average Bonchev–Trinajstić information content (AvgIpc) is 2.91. The van der Waals surface area contributed by atoms with Gasteiger partial charge in [-0.25, -0.2) is 4.79 Å². The molecule has 1 atom stereocenters. The predicted molar refractivity (Wildman–Crippen MR) is 111 cm³/mol. The minimum atomic E-state index is -1.12. The Morgan fingerprint density at radius 3 is 2.62 bits per heavy atom. The fourth-order valence-corrected chi connectivity index (χ4v) is 4.50. The van der Waals surface area contributed by atoms with Crippen molar-refractivity contribution in [3.63, 3.8) is 0 Å². The lowest BCUT2D eigenvalue weighted by Gasteiger charge is -2.33. The van der Waals surface area contributed by atoms with Gasteiger partial charge in [0, 0.05) is 0 Å². The normalized spacial score (nSPS) is 20.6. The van der Waals surface area contributed by atoms with Gasteiger partial charge in [0.05, 0.1) is 20.8 Å². The average molecular weight is 453 g/mol. The first-order valence-electron chi connectivity index (χ1n) is 8.99. The molecule has 4 rings (SSSR count). The van der Waals surface area contributed by atoms with E-state index in [1.807, 2.05) is 24.3 Å². The second-order valence-electron chi connectivity index (χ2n) is 7.03. The Kier molecular flexibility index (Phi) is 5.19. The first-order valence-corrected chi connectivity index (χ1v) is 10.1. The second kappa shape index (κ2) is 7.52. The molecular weight excluding hydrogens is 437 g/mol. The van der Waals surface area contributed by atoms with Crippen LogP contribution in [0.15, 0.2) is 36.4 Å². The van der Waals surface area contributed by atoms with E-state index in [1.165, 1.54) is 12.1 Å². The van der Waals surface area contributed by atoms with E-state index in [9.17, 15) is 14.4 Å². The van der Waals surface area contributed by atoms with Crippen molar-refractivity contribution in [1.29, 1.82) is 0 Å². The van der Waals surface area contributed by atoms with Gasteiger partial charge in [-0.2, -0.15) is 0 Å². The Bertz CT molecular complexity index is 1040. The number of nitrogens with one attached hydrogen (secondary N) is 2. The number of halogens is 3. The first-order chi connectivity index (χ1) is 13.8. The van der Waals surface area contributed by atoms with Crippen LogP contribution in [0.25, 0.3) is 0 Å². The zero-order valence-corrected chi connectivity index (χ0v) is 17.4. The molecular formula is C20H16Cl3N3O3. The summed E-state index contributed by atoms with van der Waals surface area (Å²) < 4.78 is 0. The first kappa shape index (κ1) is 20.0. The SMILES string of the molecule is O=C(CN1C(=O)NC2(CCCc3ccccc32)C1=O)Nc1cc(Cl)c(Cl)cc1Cl. The van der Waals surface area contributed by atoms with E-state index in [0.717, 1.165) is 28.9 Å². The van der Waals surface area contributed by atoms with Crippen LogP contribution in [0.3, 0.4) is 0 Å². The summed E-state index contributed by atoms with van der Waals surface area (Å²) in [4.78, 5) is 39.2. The Morgan fingerprint density at radius 2 is 1.83 bits per heavy atom. The quantitative estimate of drug-likeness (QED) is 0.536. The van der Waals surface area contributed by atoms with Crippen molar-refractivity contribution < 1.29 is 14.4 Å². The number of fused-ring (bicyclic) bond motifs is 2. The molecule has 1 fully saturated rings. The molecule has 4 amide bonds. The van der Waals surface area contributed by atoms with Crippen LogP contribution in [0.2, 0.25) is 15.1 Å². The number of rotatable bonds is 3. The van der Waals surface area contributed by atoms with Gasteiger partial charge in [-0.3, -0.25) is 14.5 Å². The molecule has 1 aliphatic carbocycles. The number of hydrogen-bond acceptors (Lipinski definition) is 3. The number of hydrogen-bond donors (Lipinski definition) is 2. The maximum Gasteiger partial charge on any atom is 0.325 e. The topological polar surface area (TPSA) is 78.5 Å². The smallest absolute Gasteiger partial charge is 0.323 e. The maximum atomic E-state index is 13.2. The Labute approximate surface area is 182 Å². The van der Waals surface area contributed by atoms with Crippen LogP contribution in [-0.2, 0) is 21.5 Å². The third kappa shape index (κ3) is 3.45. The molecule has 1 aliphatic heterocycles. The van der Waals surface area contributed by atoms with E-state index >= 15 is 0 Å². The van der Waals surface area contributed by atoms with Gasteiger partial charge in [-0.05, 0) is 42.5 Å². The second-order valence-corrected chi connectivity index (χ2v) is 8.25. The van der Waals surface area contributed by atoms with E-state index in [4.69, 9.17) is 34.8 Å². The van der Waals surface area contributed by atoms with Crippen LogP contribution in [0.5, 0.6) is 0 Å². The number of carbonyl (C=O) groups is 3. The monoisotopic (exact) mass is 451 g/mol. The fraction of sp³-hybridized carbons (Fsp3) is 0.250. The third-order valence-corrected chi connectivity index (χ3v) is 6.27. The molecule has 29 heavy (non-hydrogen) atoms. The van der Waals surface area contributed by atoms with Crippen molar-refractivity contribution in [2.24, 2.45) is 0 Å². The lowest BCUT2D eigenvalue weighted by Crippen LogP contribution is -2.47. The minimum Gasteiger partial charge on any atom is -0.323 e. The molecule has 1 saturated heterocycles. The van der Waals surface area contributed by atoms with Gasteiger partial charge < -0.3 is 10.6 Å². The molecule has 1 unspecified atom stereocenters. The van der Waals surface area contributed by atoms with Gasteiger partial charge in [0.2, 0.25) is 5.91 Å². The van der Waals surface area contributed by atoms with E-state index in [2.05, 4.69) is 10.6 Å². The largest absolute Gasteiger partial charge is 0.325 e. The van der Waals surface area contributed by atoms with Gasteiger partial charge in [-0.1, -0.05) is 59.1 Å². The third-order valence-electron chi connectivity index (χ3n) is 5.24. The Morgan fingerprint density at radius 1 is 1.10 bits per heavy atom. The molecule has 150 valence electrons. The van der Waals surface area contributed by atoms with Crippen molar-refractivity contribution in [2.75, 3.05) is 11.9 Å². The van der Waals surface area contributed by atoms with Crippen molar-refractivity contribution >= 4 is 58.3 Å². The number of benzene rings is 2. The maximum absolute atomic E-state index is 13.2. The number of urea groups is 1. The van der Waals surface area contributed by atoms with Crippen LogP contribution in [0.4, 0.5) is 10.5 Å². The molecule has 0 saturated carbocycles. The highest BCUT2D eigenvalue weighted by Crippen LogP contribution is 2.40. The van der Waals surface area contributed by atoms with Gasteiger partial charge >= 0.3 is 6.03 Å². The van der Waals surface area contributed by atoms with E-state index < -0.39 is 29.9 Å². The summed E-state index contributed by atoms with van der Waals surface area (Å²) in [5, 5.41) is 6.05. The van der Waals surface area contributed by atoms with Gasteiger partial charge in [0.15, 0.2) is 0 Å². The molecule has 1 heterocycles. The summed E-state index contributed by atoms with van der Waals surface area (Å²) in [7, 11) is 0. The molecule has 6 nitrogen and oxygen atoms in total. The predicted octanol–water partition coefficient (Wildman–Crippen LogP) is 4.37.